The van der Waals surface area contributed by atoms with Gasteiger partial charge in [-0.25, -0.2) is 0 Å². The number of carbonyl (C=O) groups is 1. The lowest BCUT2D eigenvalue weighted by molar-refractivity contribution is -0.121. The van der Waals surface area contributed by atoms with E-state index in [1.54, 1.807) is 7.11 Å². The molecule has 0 aromatic heterocycles. The van der Waals surface area contributed by atoms with E-state index in [-0.39, 0.29) is 5.91 Å². The number of aryl methyl sites for hydroxylation is 1. The average Bonchev–Trinajstić information content (AvgIpc) is 2.82. The van der Waals surface area contributed by atoms with Crippen molar-refractivity contribution in [1.82, 2.24) is 5.32 Å². The molecule has 98 valence electrons. The maximum absolute atomic E-state index is 12.0. The summed E-state index contributed by atoms with van der Waals surface area (Å²) in [5.74, 6) is 0.896. The largest absolute Gasteiger partial charge is 0.496 e. The topological polar surface area (TPSA) is 38.3 Å². The number of methoxy groups -OCH3 is 1. The Kier molecular flexibility index (Phi) is 4.24. The van der Waals surface area contributed by atoms with E-state index in [1.165, 1.54) is 12.8 Å². The molecule has 0 unspecified atom stereocenters. The lowest BCUT2D eigenvalue weighted by Gasteiger charge is -2.13. The molecule has 1 N–H and O–H groups in total. The molecule has 0 saturated heterocycles. The summed E-state index contributed by atoms with van der Waals surface area (Å²) in [7, 11) is 1.64. The summed E-state index contributed by atoms with van der Waals surface area (Å²) in [5.41, 5.74) is 2.12. The highest BCUT2D eigenvalue weighted by Gasteiger charge is 2.18. The molecular weight excluding hydrogens is 226 g/mol. The molecule has 1 fully saturated rings. The second kappa shape index (κ2) is 5.89. The van der Waals surface area contributed by atoms with Crippen molar-refractivity contribution in [1.29, 1.82) is 0 Å². The van der Waals surface area contributed by atoms with E-state index in [9.17, 15) is 4.79 Å². The summed E-state index contributed by atoms with van der Waals surface area (Å²) in [6, 6.07) is 6.32. The van der Waals surface area contributed by atoms with Crippen molar-refractivity contribution in [3.05, 3.63) is 29.3 Å². The zero-order chi connectivity index (χ0) is 13.0. The van der Waals surface area contributed by atoms with Crippen molar-refractivity contribution in [2.75, 3.05) is 7.11 Å². The third-order valence-electron chi connectivity index (χ3n) is 3.51. The summed E-state index contributed by atoms with van der Waals surface area (Å²) in [6.07, 6.45) is 5.12. The highest BCUT2D eigenvalue weighted by Crippen LogP contribution is 2.21. The number of hydrogen-bond acceptors (Lipinski definition) is 2. The van der Waals surface area contributed by atoms with Crippen LogP contribution in [-0.4, -0.2) is 19.1 Å². The van der Waals surface area contributed by atoms with Crippen LogP contribution in [0.1, 0.15) is 36.8 Å². The first-order valence-electron chi connectivity index (χ1n) is 6.62. The Hall–Kier alpha value is -1.51. The molecule has 0 heterocycles. The third-order valence-corrected chi connectivity index (χ3v) is 3.51. The van der Waals surface area contributed by atoms with E-state index in [1.807, 2.05) is 25.1 Å². The smallest absolute Gasteiger partial charge is 0.224 e. The van der Waals surface area contributed by atoms with Crippen molar-refractivity contribution in [2.24, 2.45) is 0 Å². The third kappa shape index (κ3) is 3.25. The van der Waals surface area contributed by atoms with E-state index >= 15 is 0 Å². The van der Waals surface area contributed by atoms with Crippen molar-refractivity contribution in [3.8, 4) is 5.75 Å². The minimum Gasteiger partial charge on any atom is -0.496 e. The van der Waals surface area contributed by atoms with Crippen LogP contribution in [0.25, 0.3) is 0 Å². The van der Waals surface area contributed by atoms with Crippen LogP contribution in [0.4, 0.5) is 0 Å². The fraction of sp³-hybridized carbons (Fsp3) is 0.533. The molecule has 0 atom stereocenters. The van der Waals surface area contributed by atoms with Crippen LogP contribution in [0.3, 0.4) is 0 Å². The predicted molar refractivity (Wildman–Crippen MR) is 71.8 cm³/mol. The fourth-order valence-electron chi connectivity index (χ4n) is 2.57. The van der Waals surface area contributed by atoms with Gasteiger partial charge >= 0.3 is 0 Å². The molecule has 1 saturated carbocycles. The number of benzene rings is 1. The van der Waals surface area contributed by atoms with Crippen molar-refractivity contribution < 1.29 is 9.53 Å². The van der Waals surface area contributed by atoms with Crippen LogP contribution in [0.5, 0.6) is 5.75 Å². The number of ether oxygens (including phenoxy) is 1. The Morgan fingerprint density at radius 2 is 2.11 bits per heavy atom. The maximum Gasteiger partial charge on any atom is 0.224 e. The molecule has 1 aliphatic rings. The lowest BCUT2D eigenvalue weighted by atomic mass is 10.1. The number of amides is 1. The van der Waals surface area contributed by atoms with E-state index < -0.39 is 0 Å². The molecule has 0 spiro atoms. The first kappa shape index (κ1) is 12.9. The summed E-state index contributed by atoms with van der Waals surface area (Å²) in [5, 5.41) is 3.10. The first-order valence-corrected chi connectivity index (χ1v) is 6.62. The Morgan fingerprint density at radius 1 is 1.39 bits per heavy atom. The van der Waals surface area contributed by atoms with E-state index in [4.69, 9.17) is 4.74 Å². The van der Waals surface area contributed by atoms with Gasteiger partial charge < -0.3 is 10.1 Å². The molecule has 1 amide bonds. The van der Waals surface area contributed by atoms with Crippen LogP contribution in [0.15, 0.2) is 18.2 Å². The monoisotopic (exact) mass is 247 g/mol. The van der Waals surface area contributed by atoms with Gasteiger partial charge in [0.15, 0.2) is 0 Å². The van der Waals surface area contributed by atoms with Gasteiger partial charge in [0.05, 0.1) is 13.5 Å². The highest BCUT2D eigenvalue weighted by atomic mass is 16.5. The quantitative estimate of drug-likeness (QED) is 0.888. The predicted octanol–water partition coefficient (Wildman–Crippen LogP) is 2.60. The van der Waals surface area contributed by atoms with E-state index in [0.717, 1.165) is 29.7 Å². The van der Waals surface area contributed by atoms with Crippen molar-refractivity contribution in [2.45, 2.75) is 45.1 Å². The van der Waals surface area contributed by atoms with Gasteiger partial charge in [0.25, 0.3) is 0 Å². The van der Waals surface area contributed by atoms with Crippen LogP contribution < -0.4 is 10.1 Å². The number of nitrogens with one attached hydrogen (secondary N) is 1. The van der Waals surface area contributed by atoms with Gasteiger partial charge in [0.1, 0.15) is 5.75 Å². The van der Waals surface area contributed by atoms with Crippen LogP contribution in [-0.2, 0) is 11.2 Å². The minimum absolute atomic E-state index is 0.103. The molecule has 3 heteroatoms. The zero-order valence-corrected chi connectivity index (χ0v) is 11.2. The standard InChI is InChI=1S/C15H21NO2/c1-11-7-8-14(18-2)12(9-11)10-15(17)16-13-5-3-4-6-13/h7-9,13H,3-6,10H2,1-2H3,(H,16,17). The molecule has 1 aliphatic carbocycles. The van der Waals surface area contributed by atoms with Gasteiger partial charge in [-0.3, -0.25) is 4.79 Å². The molecular formula is C15H21NO2. The molecule has 0 radical (unpaired) electrons. The normalized spacial score (nSPS) is 15.7. The second-order valence-electron chi connectivity index (χ2n) is 5.04. The molecule has 1 aromatic rings. The number of rotatable bonds is 4. The molecule has 1 aromatic carbocycles. The maximum atomic E-state index is 12.0. The number of carbonyl (C=O) groups excluding carboxylic acids is 1. The highest BCUT2D eigenvalue weighted by molar-refractivity contribution is 5.79. The van der Waals surface area contributed by atoms with E-state index in [0.29, 0.717) is 12.5 Å². The molecule has 2 rings (SSSR count). The summed E-state index contributed by atoms with van der Waals surface area (Å²) in [6.45, 7) is 2.03. The van der Waals surface area contributed by atoms with Gasteiger partial charge in [0, 0.05) is 11.6 Å². The van der Waals surface area contributed by atoms with Gasteiger partial charge in [-0.05, 0) is 25.8 Å². The Balaban J connectivity index is 1.99. The first-order chi connectivity index (χ1) is 8.69. The van der Waals surface area contributed by atoms with E-state index in [2.05, 4.69) is 5.32 Å². The zero-order valence-electron chi connectivity index (χ0n) is 11.2. The molecule has 0 aliphatic heterocycles. The lowest BCUT2D eigenvalue weighted by Crippen LogP contribution is -2.33. The van der Waals surface area contributed by atoms with Crippen molar-refractivity contribution >= 4 is 5.91 Å². The average molecular weight is 247 g/mol. The van der Waals surface area contributed by atoms with Crippen LogP contribution in [0.2, 0.25) is 0 Å². The number of hydrogen-bond donors (Lipinski definition) is 1. The minimum atomic E-state index is 0.103. The molecule has 3 nitrogen and oxygen atoms in total. The summed E-state index contributed by atoms with van der Waals surface area (Å²) >= 11 is 0. The van der Waals surface area contributed by atoms with Crippen molar-refractivity contribution in [3.63, 3.8) is 0 Å². The Labute approximate surface area is 109 Å². The Morgan fingerprint density at radius 3 is 2.78 bits per heavy atom. The van der Waals surface area contributed by atoms with Gasteiger partial charge in [-0.2, -0.15) is 0 Å². The van der Waals surface area contributed by atoms with Crippen LogP contribution in [0, 0.1) is 6.92 Å². The summed E-state index contributed by atoms with van der Waals surface area (Å²) < 4.78 is 5.29. The van der Waals surface area contributed by atoms with Gasteiger partial charge in [-0.15, -0.1) is 0 Å². The Bertz CT molecular complexity index is 423. The second-order valence-corrected chi connectivity index (χ2v) is 5.04. The van der Waals surface area contributed by atoms with Gasteiger partial charge in [0.2, 0.25) is 5.91 Å². The fourth-order valence-corrected chi connectivity index (χ4v) is 2.57. The SMILES string of the molecule is COc1ccc(C)cc1CC(=O)NC1CCCC1. The van der Waals surface area contributed by atoms with Crippen LogP contribution >= 0.6 is 0 Å². The molecule has 0 bridgehead atoms. The molecule has 18 heavy (non-hydrogen) atoms. The summed E-state index contributed by atoms with van der Waals surface area (Å²) in [4.78, 5) is 12.0. The van der Waals surface area contributed by atoms with Gasteiger partial charge in [-0.1, -0.05) is 30.5 Å².